The summed E-state index contributed by atoms with van der Waals surface area (Å²) in [4.78, 5) is 27.4. The second-order valence-corrected chi connectivity index (χ2v) is 6.18. The Labute approximate surface area is 138 Å². The smallest absolute Gasteiger partial charge is 0.269 e. The van der Waals surface area contributed by atoms with Gasteiger partial charge in [-0.05, 0) is 44.5 Å². The predicted octanol–water partition coefficient (Wildman–Crippen LogP) is 3.65. The van der Waals surface area contributed by atoms with Gasteiger partial charge in [-0.2, -0.15) is 0 Å². The molecule has 6 nitrogen and oxygen atoms in total. The molecular formula is C16H17N3O3S. The number of nitrogens with zero attached hydrogens (tertiary/aromatic N) is 2. The predicted molar refractivity (Wildman–Crippen MR) is 90.9 cm³/mol. The summed E-state index contributed by atoms with van der Waals surface area (Å²) in [5, 5.41) is 13.5. The minimum absolute atomic E-state index is 0.0378. The standard InChI is InChI=1S/C16H17N3O3S/c1-10-8-11(2)17-12(3)16(10)18-15(20)9-23-14-6-4-13(5-7-14)19(21)22/h4-8H,9H2,1-3H3,(H,18,20). The van der Waals surface area contributed by atoms with E-state index >= 15 is 0 Å². The number of aryl methyl sites for hydroxylation is 3. The van der Waals surface area contributed by atoms with Crippen molar-refractivity contribution >= 4 is 29.0 Å². The monoisotopic (exact) mass is 331 g/mol. The van der Waals surface area contributed by atoms with Gasteiger partial charge in [-0.3, -0.25) is 19.9 Å². The van der Waals surface area contributed by atoms with Gasteiger partial charge >= 0.3 is 0 Å². The minimum atomic E-state index is -0.447. The topological polar surface area (TPSA) is 85.1 Å². The number of non-ortho nitro benzene ring substituents is 1. The number of nitro groups is 1. The van der Waals surface area contributed by atoms with Crippen LogP contribution in [0.5, 0.6) is 0 Å². The number of pyridine rings is 1. The Morgan fingerprint density at radius 2 is 1.91 bits per heavy atom. The van der Waals surface area contributed by atoms with Crippen LogP contribution >= 0.6 is 11.8 Å². The van der Waals surface area contributed by atoms with Gasteiger partial charge in [-0.1, -0.05) is 0 Å². The number of benzene rings is 1. The van der Waals surface area contributed by atoms with Crippen molar-refractivity contribution in [3.05, 3.63) is 57.4 Å². The lowest BCUT2D eigenvalue weighted by molar-refractivity contribution is -0.384. The fraction of sp³-hybridized carbons (Fsp3) is 0.250. The Morgan fingerprint density at radius 1 is 1.26 bits per heavy atom. The van der Waals surface area contributed by atoms with Crippen molar-refractivity contribution in [2.75, 3.05) is 11.1 Å². The van der Waals surface area contributed by atoms with Crippen LogP contribution in [0.15, 0.2) is 35.2 Å². The normalized spacial score (nSPS) is 10.4. The van der Waals surface area contributed by atoms with Crippen molar-refractivity contribution in [3.8, 4) is 0 Å². The molecule has 0 atom stereocenters. The van der Waals surface area contributed by atoms with Gasteiger partial charge in [0.05, 0.1) is 22.1 Å². The molecule has 0 radical (unpaired) electrons. The van der Waals surface area contributed by atoms with Crippen molar-refractivity contribution in [2.24, 2.45) is 0 Å². The van der Waals surface area contributed by atoms with Gasteiger partial charge in [0.25, 0.3) is 5.69 Å². The van der Waals surface area contributed by atoms with Crippen molar-refractivity contribution in [2.45, 2.75) is 25.7 Å². The highest BCUT2D eigenvalue weighted by Crippen LogP contribution is 2.23. The first-order valence-corrected chi connectivity index (χ1v) is 7.97. The third-order valence-corrected chi connectivity index (χ3v) is 4.22. The van der Waals surface area contributed by atoms with E-state index in [9.17, 15) is 14.9 Å². The maximum atomic E-state index is 12.1. The Hall–Kier alpha value is -2.41. The van der Waals surface area contributed by atoms with Crippen LogP contribution in [0, 0.1) is 30.9 Å². The highest BCUT2D eigenvalue weighted by molar-refractivity contribution is 8.00. The fourth-order valence-corrected chi connectivity index (χ4v) is 2.90. The van der Waals surface area contributed by atoms with Crippen LogP contribution in [0.2, 0.25) is 0 Å². The van der Waals surface area contributed by atoms with Gasteiger partial charge in [-0.25, -0.2) is 0 Å². The van der Waals surface area contributed by atoms with Crippen LogP contribution in [-0.4, -0.2) is 21.6 Å². The van der Waals surface area contributed by atoms with Gasteiger partial charge in [0.1, 0.15) is 0 Å². The van der Waals surface area contributed by atoms with Crippen LogP contribution < -0.4 is 5.32 Å². The summed E-state index contributed by atoms with van der Waals surface area (Å²) in [6.07, 6.45) is 0. The lowest BCUT2D eigenvalue weighted by atomic mass is 10.1. The molecule has 1 N–H and O–H groups in total. The Balaban J connectivity index is 1.96. The van der Waals surface area contributed by atoms with Crippen molar-refractivity contribution in [1.82, 2.24) is 4.98 Å². The summed E-state index contributed by atoms with van der Waals surface area (Å²) in [6, 6.07) is 8.06. The summed E-state index contributed by atoms with van der Waals surface area (Å²) < 4.78 is 0. The van der Waals surface area contributed by atoms with E-state index in [1.165, 1.54) is 23.9 Å². The number of nitro benzene ring substituents is 1. The van der Waals surface area contributed by atoms with E-state index in [1.807, 2.05) is 26.8 Å². The second kappa shape index (κ2) is 7.23. The van der Waals surface area contributed by atoms with Gasteiger partial charge < -0.3 is 5.32 Å². The molecule has 0 spiro atoms. The molecule has 0 fully saturated rings. The molecular weight excluding hydrogens is 314 g/mol. The van der Waals surface area contributed by atoms with E-state index in [2.05, 4.69) is 10.3 Å². The molecule has 2 aromatic rings. The lowest BCUT2D eigenvalue weighted by Gasteiger charge is -2.11. The average molecular weight is 331 g/mol. The summed E-state index contributed by atoms with van der Waals surface area (Å²) in [5.41, 5.74) is 3.46. The Kier molecular flexibility index (Phi) is 5.33. The van der Waals surface area contributed by atoms with E-state index in [1.54, 1.807) is 12.1 Å². The van der Waals surface area contributed by atoms with E-state index in [0.717, 1.165) is 27.5 Å². The van der Waals surface area contributed by atoms with Gasteiger partial charge in [0, 0.05) is 22.7 Å². The maximum absolute atomic E-state index is 12.1. The molecule has 0 aliphatic rings. The molecule has 0 bridgehead atoms. The van der Waals surface area contributed by atoms with Crippen LogP contribution in [0.4, 0.5) is 11.4 Å². The maximum Gasteiger partial charge on any atom is 0.269 e. The highest BCUT2D eigenvalue weighted by Gasteiger charge is 2.10. The molecule has 7 heteroatoms. The Morgan fingerprint density at radius 3 is 2.48 bits per heavy atom. The number of hydrogen-bond donors (Lipinski definition) is 1. The molecule has 120 valence electrons. The first kappa shape index (κ1) is 17.0. The van der Waals surface area contributed by atoms with E-state index in [4.69, 9.17) is 0 Å². The minimum Gasteiger partial charge on any atom is -0.324 e. The van der Waals surface area contributed by atoms with E-state index in [0.29, 0.717) is 0 Å². The number of nitrogens with one attached hydrogen (secondary N) is 1. The SMILES string of the molecule is Cc1cc(C)c(NC(=O)CSc2ccc([N+](=O)[O-])cc2)c(C)n1. The first-order valence-electron chi connectivity index (χ1n) is 6.99. The number of hydrogen-bond acceptors (Lipinski definition) is 5. The quantitative estimate of drug-likeness (QED) is 0.513. The van der Waals surface area contributed by atoms with Gasteiger partial charge in [-0.15, -0.1) is 11.8 Å². The molecule has 23 heavy (non-hydrogen) atoms. The van der Waals surface area contributed by atoms with Crippen LogP contribution in [0.25, 0.3) is 0 Å². The Bertz CT molecular complexity index is 722. The zero-order chi connectivity index (χ0) is 17.0. The number of carbonyl (C=O) groups excluding carboxylic acids is 1. The molecule has 0 saturated heterocycles. The number of anilines is 1. The molecule has 0 aliphatic heterocycles. The van der Waals surface area contributed by atoms with Crippen LogP contribution in [0.1, 0.15) is 17.0 Å². The van der Waals surface area contributed by atoms with E-state index in [-0.39, 0.29) is 17.3 Å². The largest absolute Gasteiger partial charge is 0.324 e. The lowest BCUT2D eigenvalue weighted by Crippen LogP contribution is -2.16. The number of aromatic nitrogens is 1. The third kappa shape index (κ3) is 4.53. The van der Waals surface area contributed by atoms with Gasteiger partial charge in [0.15, 0.2) is 0 Å². The zero-order valence-electron chi connectivity index (χ0n) is 13.1. The van der Waals surface area contributed by atoms with E-state index < -0.39 is 4.92 Å². The highest BCUT2D eigenvalue weighted by atomic mass is 32.2. The van der Waals surface area contributed by atoms with Crippen LogP contribution in [0.3, 0.4) is 0 Å². The number of carbonyl (C=O) groups is 1. The third-order valence-electron chi connectivity index (χ3n) is 3.21. The molecule has 0 saturated carbocycles. The van der Waals surface area contributed by atoms with Gasteiger partial charge in [0.2, 0.25) is 5.91 Å². The fourth-order valence-electron chi connectivity index (χ4n) is 2.20. The summed E-state index contributed by atoms with van der Waals surface area (Å²) in [5.74, 6) is 0.0927. The molecule has 1 amide bonds. The molecule has 2 rings (SSSR count). The number of amides is 1. The van der Waals surface area contributed by atoms with Crippen LogP contribution in [-0.2, 0) is 4.79 Å². The van der Waals surface area contributed by atoms with Crippen molar-refractivity contribution < 1.29 is 9.72 Å². The average Bonchev–Trinajstić information content (AvgIpc) is 2.49. The molecule has 0 aliphatic carbocycles. The first-order chi connectivity index (χ1) is 10.9. The number of rotatable bonds is 5. The summed E-state index contributed by atoms with van der Waals surface area (Å²) in [7, 11) is 0. The number of thioether (sulfide) groups is 1. The molecule has 1 heterocycles. The second-order valence-electron chi connectivity index (χ2n) is 5.13. The molecule has 1 aromatic heterocycles. The van der Waals surface area contributed by atoms with Crippen molar-refractivity contribution in [1.29, 1.82) is 0 Å². The summed E-state index contributed by atoms with van der Waals surface area (Å²) >= 11 is 1.33. The molecule has 0 unspecified atom stereocenters. The van der Waals surface area contributed by atoms with Crippen molar-refractivity contribution in [3.63, 3.8) is 0 Å². The molecule has 1 aromatic carbocycles. The summed E-state index contributed by atoms with van der Waals surface area (Å²) in [6.45, 7) is 5.70. The zero-order valence-corrected chi connectivity index (χ0v) is 13.9.